The highest BCUT2D eigenvalue weighted by molar-refractivity contribution is 14.0. The van der Waals surface area contributed by atoms with Crippen molar-refractivity contribution in [2.75, 3.05) is 59.9 Å². The van der Waals surface area contributed by atoms with Crippen LogP contribution in [0.25, 0.3) is 0 Å². The van der Waals surface area contributed by atoms with Crippen LogP contribution in [-0.4, -0.2) is 87.6 Å². The van der Waals surface area contributed by atoms with Crippen LogP contribution in [0.3, 0.4) is 0 Å². The van der Waals surface area contributed by atoms with Crippen molar-refractivity contribution in [3.05, 3.63) is 0 Å². The van der Waals surface area contributed by atoms with Crippen LogP contribution in [0.5, 0.6) is 0 Å². The Morgan fingerprint density at radius 1 is 1.11 bits per heavy atom. The molecule has 0 saturated carbocycles. The van der Waals surface area contributed by atoms with Crippen molar-refractivity contribution in [1.82, 2.24) is 25.8 Å². The SMILES string of the molecule is CCCCN(C)CCNC(=NC)NC1CCN(CC(=O)NCCC)CC1.I. The topological polar surface area (TPSA) is 72.0 Å². The van der Waals surface area contributed by atoms with Crippen molar-refractivity contribution in [3.8, 4) is 0 Å². The molecule has 160 valence electrons. The lowest BCUT2D eigenvalue weighted by Crippen LogP contribution is -2.50. The van der Waals surface area contributed by atoms with Crippen molar-refractivity contribution in [2.24, 2.45) is 4.99 Å². The van der Waals surface area contributed by atoms with Gasteiger partial charge in [-0.05, 0) is 39.3 Å². The van der Waals surface area contributed by atoms with Crippen molar-refractivity contribution in [2.45, 2.75) is 52.0 Å². The second-order valence-corrected chi connectivity index (χ2v) is 7.20. The number of hydrogen-bond acceptors (Lipinski definition) is 4. The molecule has 0 bridgehead atoms. The summed E-state index contributed by atoms with van der Waals surface area (Å²) in [6.45, 7) is 10.6. The third-order valence-electron chi connectivity index (χ3n) is 4.77. The molecule has 7 nitrogen and oxygen atoms in total. The van der Waals surface area contributed by atoms with Crippen molar-refractivity contribution < 1.29 is 4.79 Å². The minimum absolute atomic E-state index is 0. The number of carbonyl (C=O) groups is 1. The number of amides is 1. The summed E-state index contributed by atoms with van der Waals surface area (Å²) in [5, 5.41) is 9.88. The van der Waals surface area contributed by atoms with Crippen LogP contribution >= 0.6 is 24.0 Å². The number of aliphatic imine (C=N–C) groups is 1. The van der Waals surface area contributed by atoms with Crippen molar-refractivity contribution in [3.63, 3.8) is 0 Å². The Hall–Kier alpha value is -0.610. The summed E-state index contributed by atoms with van der Waals surface area (Å²) in [5.41, 5.74) is 0. The first-order chi connectivity index (χ1) is 12.6. The number of piperidine rings is 1. The Bertz CT molecular complexity index is 413. The fourth-order valence-electron chi connectivity index (χ4n) is 3.05. The van der Waals surface area contributed by atoms with E-state index in [2.05, 4.69) is 51.6 Å². The van der Waals surface area contributed by atoms with Crippen LogP contribution in [0.4, 0.5) is 0 Å². The Morgan fingerprint density at radius 2 is 1.81 bits per heavy atom. The quantitative estimate of drug-likeness (QED) is 0.230. The lowest BCUT2D eigenvalue weighted by molar-refractivity contribution is -0.122. The zero-order valence-electron chi connectivity index (χ0n) is 17.7. The third kappa shape index (κ3) is 12.5. The normalized spacial score (nSPS) is 16.1. The molecule has 0 spiro atoms. The number of nitrogens with zero attached hydrogens (tertiary/aromatic N) is 3. The number of guanidine groups is 1. The smallest absolute Gasteiger partial charge is 0.234 e. The average molecular weight is 496 g/mol. The van der Waals surface area contributed by atoms with Gasteiger partial charge in [0, 0.05) is 45.8 Å². The molecule has 8 heteroatoms. The molecule has 0 aromatic carbocycles. The molecule has 1 amide bonds. The number of rotatable bonds is 11. The maximum atomic E-state index is 11.8. The second-order valence-electron chi connectivity index (χ2n) is 7.20. The van der Waals surface area contributed by atoms with Gasteiger partial charge in [0.1, 0.15) is 0 Å². The van der Waals surface area contributed by atoms with E-state index in [4.69, 9.17) is 0 Å². The number of carbonyl (C=O) groups excluding carboxylic acids is 1. The zero-order valence-corrected chi connectivity index (χ0v) is 20.1. The van der Waals surface area contributed by atoms with E-state index in [1.54, 1.807) is 0 Å². The van der Waals surface area contributed by atoms with E-state index in [1.807, 2.05) is 7.05 Å². The summed E-state index contributed by atoms with van der Waals surface area (Å²) in [5.74, 6) is 1.02. The zero-order chi connectivity index (χ0) is 19.2. The predicted molar refractivity (Wildman–Crippen MR) is 125 cm³/mol. The highest BCUT2D eigenvalue weighted by Gasteiger charge is 2.21. The highest BCUT2D eigenvalue weighted by Crippen LogP contribution is 2.09. The molecule has 0 aromatic rings. The Kier molecular flexibility index (Phi) is 16.0. The summed E-state index contributed by atoms with van der Waals surface area (Å²) in [6, 6.07) is 0.425. The van der Waals surface area contributed by atoms with E-state index in [0.29, 0.717) is 12.6 Å². The summed E-state index contributed by atoms with van der Waals surface area (Å²) < 4.78 is 0. The number of likely N-dealkylation sites (N-methyl/N-ethyl adjacent to an activating group) is 1. The van der Waals surface area contributed by atoms with Crippen LogP contribution in [0.15, 0.2) is 4.99 Å². The summed E-state index contributed by atoms with van der Waals surface area (Å²) in [4.78, 5) is 20.7. The number of unbranched alkanes of at least 4 members (excludes halogenated alkanes) is 1. The van der Waals surface area contributed by atoms with Crippen LogP contribution < -0.4 is 16.0 Å². The van der Waals surface area contributed by atoms with Gasteiger partial charge in [-0.3, -0.25) is 14.7 Å². The molecule has 1 rings (SSSR count). The monoisotopic (exact) mass is 496 g/mol. The molecule has 1 aliphatic rings. The molecule has 3 N–H and O–H groups in total. The first-order valence-electron chi connectivity index (χ1n) is 10.2. The average Bonchev–Trinajstić information content (AvgIpc) is 2.65. The van der Waals surface area contributed by atoms with Gasteiger partial charge in [0.05, 0.1) is 6.54 Å². The van der Waals surface area contributed by atoms with Gasteiger partial charge in [0.25, 0.3) is 0 Å². The molecule has 0 atom stereocenters. The number of nitrogens with one attached hydrogen (secondary N) is 3. The van der Waals surface area contributed by atoms with Crippen LogP contribution in [0.2, 0.25) is 0 Å². The molecule has 0 aliphatic carbocycles. The molecule has 1 heterocycles. The highest BCUT2D eigenvalue weighted by atomic mass is 127. The van der Waals surface area contributed by atoms with Gasteiger partial charge in [0.2, 0.25) is 5.91 Å². The first kappa shape index (κ1) is 26.4. The molecular formula is C19H41IN6O. The Labute approximate surface area is 183 Å². The molecule has 0 aromatic heterocycles. The molecule has 1 saturated heterocycles. The summed E-state index contributed by atoms with van der Waals surface area (Å²) in [7, 11) is 3.99. The minimum Gasteiger partial charge on any atom is -0.355 e. The largest absolute Gasteiger partial charge is 0.355 e. The van der Waals surface area contributed by atoms with Crippen LogP contribution in [0.1, 0.15) is 46.0 Å². The second kappa shape index (κ2) is 16.4. The molecule has 1 aliphatic heterocycles. The van der Waals surface area contributed by atoms with Gasteiger partial charge < -0.3 is 20.9 Å². The van der Waals surface area contributed by atoms with Crippen LogP contribution in [0, 0.1) is 0 Å². The van der Waals surface area contributed by atoms with Gasteiger partial charge in [-0.1, -0.05) is 20.3 Å². The van der Waals surface area contributed by atoms with Gasteiger partial charge in [-0.2, -0.15) is 0 Å². The third-order valence-corrected chi connectivity index (χ3v) is 4.77. The van der Waals surface area contributed by atoms with E-state index in [1.165, 1.54) is 12.8 Å². The first-order valence-corrected chi connectivity index (χ1v) is 10.2. The maximum Gasteiger partial charge on any atom is 0.234 e. The number of hydrogen-bond donors (Lipinski definition) is 3. The molecule has 27 heavy (non-hydrogen) atoms. The van der Waals surface area contributed by atoms with Crippen molar-refractivity contribution in [1.29, 1.82) is 0 Å². The van der Waals surface area contributed by atoms with E-state index in [-0.39, 0.29) is 29.9 Å². The molecule has 1 fully saturated rings. The van der Waals surface area contributed by atoms with E-state index >= 15 is 0 Å². The lowest BCUT2D eigenvalue weighted by Gasteiger charge is -2.32. The fourth-order valence-corrected chi connectivity index (χ4v) is 3.05. The van der Waals surface area contributed by atoms with Gasteiger partial charge >= 0.3 is 0 Å². The minimum atomic E-state index is 0. The molecule has 0 radical (unpaired) electrons. The summed E-state index contributed by atoms with van der Waals surface area (Å²) in [6.07, 6.45) is 5.55. The summed E-state index contributed by atoms with van der Waals surface area (Å²) >= 11 is 0. The van der Waals surface area contributed by atoms with Gasteiger partial charge in [-0.15, -0.1) is 24.0 Å². The Morgan fingerprint density at radius 3 is 2.41 bits per heavy atom. The molecular weight excluding hydrogens is 455 g/mol. The van der Waals surface area contributed by atoms with Crippen molar-refractivity contribution >= 4 is 35.8 Å². The number of likely N-dealkylation sites (tertiary alicyclic amines) is 1. The Balaban J connectivity index is 0.00000676. The van der Waals surface area contributed by atoms with Gasteiger partial charge in [-0.25, -0.2) is 0 Å². The van der Waals surface area contributed by atoms with E-state index < -0.39 is 0 Å². The number of halogens is 1. The maximum absolute atomic E-state index is 11.8. The van der Waals surface area contributed by atoms with E-state index in [0.717, 1.165) is 64.5 Å². The molecule has 0 unspecified atom stereocenters. The van der Waals surface area contributed by atoms with Gasteiger partial charge in [0.15, 0.2) is 5.96 Å². The van der Waals surface area contributed by atoms with Crippen LogP contribution in [-0.2, 0) is 4.79 Å². The van der Waals surface area contributed by atoms with E-state index in [9.17, 15) is 4.79 Å². The standard InChI is InChI=1S/C19H40N6O.HI/c1-5-7-12-24(4)15-11-22-19(20-3)23-17-8-13-25(14-9-17)16-18(26)21-10-6-2;/h17H,5-16H2,1-4H3,(H,21,26)(H2,20,22,23);1H. The predicted octanol–water partition coefficient (Wildman–Crippen LogP) is 1.49. The lowest BCUT2D eigenvalue weighted by atomic mass is 10.1. The fraction of sp³-hybridized carbons (Fsp3) is 0.895.